The van der Waals surface area contributed by atoms with Gasteiger partial charge < -0.3 is 5.73 Å². The van der Waals surface area contributed by atoms with Crippen LogP contribution < -0.4 is 5.73 Å². The first-order chi connectivity index (χ1) is 3.39. The van der Waals surface area contributed by atoms with Gasteiger partial charge in [0, 0.05) is 25.2 Å². The average Bonchev–Trinajstić information content (AvgIpc) is 1.69. The third kappa shape index (κ3) is 2.08. The molecule has 1 radical (unpaired) electrons. The van der Waals surface area contributed by atoms with Gasteiger partial charge in [0.2, 0.25) is 0 Å². The molecule has 0 aromatic heterocycles. The van der Waals surface area contributed by atoms with Gasteiger partial charge in [0.25, 0.3) is 0 Å². The van der Waals surface area contributed by atoms with Crippen LogP contribution in [0, 0.1) is 6.07 Å². The van der Waals surface area contributed by atoms with E-state index < -0.39 is 0 Å². The molecule has 0 saturated heterocycles. The Morgan fingerprint density at radius 2 is 1.75 bits per heavy atom. The van der Waals surface area contributed by atoms with Gasteiger partial charge in [0.05, 0.1) is 0 Å². The first kappa shape index (κ1) is 7.64. The number of nitrogens with two attached hydrogens (primary N) is 1. The Morgan fingerprint density at radius 3 is 2.00 bits per heavy atom. The summed E-state index contributed by atoms with van der Waals surface area (Å²) in [6.07, 6.45) is 0. The first-order valence-electron chi connectivity index (χ1n) is 2.11. The number of nitrogen functional groups attached to an aromatic ring is 1. The SMILES string of the molecule is Nc1cc[c]cc1.[Zn]. The van der Waals surface area contributed by atoms with Crippen molar-refractivity contribution in [1.29, 1.82) is 0 Å². The summed E-state index contributed by atoms with van der Waals surface area (Å²) < 4.78 is 0. The predicted octanol–water partition coefficient (Wildman–Crippen LogP) is 1.07. The number of hydrogen-bond donors (Lipinski definition) is 1. The second kappa shape index (κ2) is 3.62. The van der Waals surface area contributed by atoms with Crippen LogP contribution in [0.5, 0.6) is 0 Å². The zero-order valence-electron chi connectivity index (χ0n) is 4.59. The molecule has 0 fully saturated rings. The van der Waals surface area contributed by atoms with Crippen molar-refractivity contribution in [2.75, 3.05) is 5.73 Å². The molecule has 0 atom stereocenters. The molecule has 2 heteroatoms. The summed E-state index contributed by atoms with van der Waals surface area (Å²) in [5.41, 5.74) is 6.13. The fourth-order valence-corrected chi connectivity index (χ4v) is 0.400. The summed E-state index contributed by atoms with van der Waals surface area (Å²) in [5, 5.41) is 0. The molecule has 1 aromatic carbocycles. The third-order valence-corrected chi connectivity index (χ3v) is 0.744. The first-order valence-corrected chi connectivity index (χ1v) is 2.11. The molecule has 1 aromatic rings. The minimum atomic E-state index is 0. The maximum atomic E-state index is 5.34. The molecule has 8 heavy (non-hydrogen) atoms. The minimum Gasteiger partial charge on any atom is -0.399 e. The molecular formula is C6H6NZn. The van der Waals surface area contributed by atoms with Crippen molar-refractivity contribution in [3.05, 3.63) is 30.3 Å². The summed E-state index contributed by atoms with van der Waals surface area (Å²) >= 11 is 0. The Labute approximate surface area is 61.7 Å². The fraction of sp³-hybridized carbons (Fsp3) is 0. The van der Waals surface area contributed by atoms with Crippen molar-refractivity contribution in [2.45, 2.75) is 0 Å². The molecule has 0 aliphatic heterocycles. The van der Waals surface area contributed by atoms with E-state index in [2.05, 4.69) is 6.07 Å². The van der Waals surface area contributed by atoms with Crippen molar-refractivity contribution < 1.29 is 19.5 Å². The third-order valence-electron chi connectivity index (χ3n) is 0.744. The van der Waals surface area contributed by atoms with Crippen LogP contribution >= 0.6 is 0 Å². The average molecular weight is 158 g/mol. The Kier molecular flexibility index (Phi) is 3.46. The molecule has 1 rings (SSSR count). The monoisotopic (exact) mass is 156 g/mol. The Hall–Kier alpha value is -0.357. The van der Waals surface area contributed by atoms with Gasteiger partial charge in [-0.25, -0.2) is 0 Å². The minimum absolute atomic E-state index is 0. The van der Waals surface area contributed by atoms with Crippen LogP contribution in [0.1, 0.15) is 0 Å². The second-order valence-corrected chi connectivity index (χ2v) is 1.33. The van der Waals surface area contributed by atoms with Crippen LogP contribution in [0.3, 0.4) is 0 Å². The fourth-order valence-electron chi connectivity index (χ4n) is 0.400. The van der Waals surface area contributed by atoms with Crippen molar-refractivity contribution in [1.82, 2.24) is 0 Å². The van der Waals surface area contributed by atoms with Gasteiger partial charge in [-0.05, 0) is 18.2 Å². The topological polar surface area (TPSA) is 26.0 Å². The summed E-state index contributed by atoms with van der Waals surface area (Å²) in [7, 11) is 0. The molecular weight excluding hydrogens is 151 g/mol. The number of rotatable bonds is 0. The van der Waals surface area contributed by atoms with Crippen molar-refractivity contribution in [2.24, 2.45) is 0 Å². The van der Waals surface area contributed by atoms with Crippen LogP contribution in [-0.2, 0) is 19.5 Å². The molecule has 0 amide bonds. The van der Waals surface area contributed by atoms with E-state index in [1.165, 1.54) is 0 Å². The maximum absolute atomic E-state index is 5.34. The molecule has 0 heterocycles. The van der Waals surface area contributed by atoms with Gasteiger partial charge in [-0.1, -0.05) is 12.1 Å². The van der Waals surface area contributed by atoms with E-state index in [1.54, 1.807) is 24.3 Å². The van der Waals surface area contributed by atoms with Crippen LogP contribution in [-0.4, -0.2) is 0 Å². The second-order valence-electron chi connectivity index (χ2n) is 1.33. The van der Waals surface area contributed by atoms with Crippen LogP contribution in [0.15, 0.2) is 24.3 Å². The molecule has 1 nitrogen and oxygen atoms in total. The molecule has 0 unspecified atom stereocenters. The number of hydrogen-bond acceptors (Lipinski definition) is 1. The molecule has 0 aliphatic rings. The van der Waals surface area contributed by atoms with Gasteiger partial charge in [-0.15, -0.1) is 0 Å². The Morgan fingerprint density at radius 1 is 1.25 bits per heavy atom. The van der Waals surface area contributed by atoms with E-state index >= 15 is 0 Å². The standard InChI is InChI=1S/C6H6N.Zn/c7-6-4-2-1-3-5-6;/h2-5H,7H2;. The van der Waals surface area contributed by atoms with E-state index in [0.717, 1.165) is 5.69 Å². The van der Waals surface area contributed by atoms with Crippen LogP contribution in [0.4, 0.5) is 5.69 Å². The molecule has 0 saturated carbocycles. The van der Waals surface area contributed by atoms with E-state index in [0.29, 0.717) is 0 Å². The van der Waals surface area contributed by atoms with E-state index in [1.807, 2.05) is 0 Å². The zero-order chi connectivity index (χ0) is 5.11. The summed E-state index contributed by atoms with van der Waals surface area (Å²) in [5.74, 6) is 0. The summed E-state index contributed by atoms with van der Waals surface area (Å²) in [6, 6.07) is 10.0. The molecule has 37 valence electrons. The number of anilines is 1. The summed E-state index contributed by atoms with van der Waals surface area (Å²) in [4.78, 5) is 0. The molecule has 0 spiro atoms. The van der Waals surface area contributed by atoms with Crippen molar-refractivity contribution >= 4 is 5.69 Å². The Balaban J connectivity index is 0.000000490. The molecule has 2 N–H and O–H groups in total. The number of benzene rings is 1. The van der Waals surface area contributed by atoms with Gasteiger partial charge >= 0.3 is 0 Å². The van der Waals surface area contributed by atoms with Crippen LogP contribution in [0.2, 0.25) is 0 Å². The predicted molar refractivity (Wildman–Crippen MR) is 29.7 cm³/mol. The molecule has 0 bridgehead atoms. The summed E-state index contributed by atoms with van der Waals surface area (Å²) in [6.45, 7) is 0. The van der Waals surface area contributed by atoms with Crippen molar-refractivity contribution in [3.8, 4) is 0 Å². The Bertz CT molecular complexity index is 138. The molecule has 0 aliphatic carbocycles. The largest absolute Gasteiger partial charge is 0.399 e. The van der Waals surface area contributed by atoms with Gasteiger partial charge in [-0.3, -0.25) is 0 Å². The normalized spacial score (nSPS) is 7.50. The van der Waals surface area contributed by atoms with E-state index in [9.17, 15) is 0 Å². The smallest absolute Gasteiger partial charge is 0.0314 e. The van der Waals surface area contributed by atoms with Gasteiger partial charge in [-0.2, -0.15) is 0 Å². The van der Waals surface area contributed by atoms with Crippen molar-refractivity contribution in [3.63, 3.8) is 0 Å². The van der Waals surface area contributed by atoms with Gasteiger partial charge in [0.1, 0.15) is 0 Å². The quantitative estimate of drug-likeness (QED) is 0.442. The van der Waals surface area contributed by atoms with E-state index in [4.69, 9.17) is 5.73 Å². The van der Waals surface area contributed by atoms with Gasteiger partial charge in [0.15, 0.2) is 0 Å². The van der Waals surface area contributed by atoms with Crippen LogP contribution in [0.25, 0.3) is 0 Å². The maximum Gasteiger partial charge on any atom is 0.0314 e. The van der Waals surface area contributed by atoms with E-state index in [-0.39, 0.29) is 19.5 Å². The zero-order valence-corrected chi connectivity index (χ0v) is 7.56.